The minimum atomic E-state index is -5.08. The topological polar surface area (TPSA) is 82.6 Å². The second-order valence-corrected chi connectivity index (χ2v) is 8.36. The molecule has 3 rings (SSSR count). The highest BCUT2D eigenvalue weighted by molar-refractivity contribution is 7.90. The number of benzene rings is 1. The molecule has 1 aromatic heterocycles. The van der Waals surface area contributed by atoms with Gasteiger partial charge >= 0.3 is 6.36 Å². The SMILES string of the molecule is O=C1CCCOc2ncc(CS(=O)(=O)c3cc(Cl)ccc3OC(F)(F)F)cc21. The molecule has 0 unspecified atom stereocenters. The molecule has 2 heterocycles. The standard InChI is InChI=1S/C17H13ClF3NO5S/c18-11-3-4-14(27-17(19,20)21)15(7-11)28(24,25)9-10-6-12-13(23)2-1-5-26-16(12)22-8-10/h3-4,6-8H,1-2,5,9H2. The van der Waals surface area contributed by atoms with E-state index in [0.717, 1.165) is 18.2 Å². The molecule has 6 nitrogen and oxygen atoms in total. The summed E-state index contributed by atoms with van der Waals surface area (Å²) in [6.07, 6.45) is -3.15. The van der Waals surface area contributed by atoms with Crippen LogP contribution in [0.15, 0.2) is 35.4 Å². The van der Waals surface area contributed by atoms with Gasteiger partial charge in [-0.25, -0.2) is 13.4 Å². The molecule has 0 atom stereocenters. The van der Waals surface area contributed by atoms with E-state index in [1.54, 1.807) is 0 Å². The number of carbonyl (C=O) groups excluding carboxylic acids is 1. The van der Waals surface area contributed by atoms with Crippen molar-refractivity contribution in [1.29, 1.82) is 0 Å². The second kappa shape index (κ2) is 7.59. The molecule has 0 saturated heterocycles. The molecule has 0 spiro atoms. The molecule has 0 bridgehead atoms. The number of fused-ring (bicyclic) bond motifs is 1. The zero-order chi connectivity index (χ0) is 20.5. The number of hydrogen-bond donors (Lipinski definition) is 0. The van der Waals surface area contributed by atoms with Gasteiger partial charge in [0.15, 0.2) is 15.6 Å². The van der Waals surface area contributed by atoms with E-state index >= 15 is 0 Å². The average Bonchev–Trinajstić information content (AvgIpc) is 2.77. The maximum atomic E-state index is 12.7. The van der Waals surface area contributed by atoms with Gasteiger partial charge in [0.05, 0.1) is 17.9 Å². The summed E-state index contributed by atoms with van der Waals surface area (Å²) in [6, 6.07) is 4.11. The third kappa shape index (κ3) is 4.74. The summed E-state index contributed by atoms with van der Waals surface area (Å²) >= 11 is 5.75. The Morgan fingerprint density at radius 2 is 2.00 bits per heavy atom. The summed E-state index contributed by atoms with van der Waals surface area (Å²) in [6.45, 7) is 0.310. The van der Waals surface area contributed by atoms with E-state index in [0.29, 0.717) is 13.0 Å². The molecular formula is C17H13ClF3NO5S. The Hall–Kier alpha value is -2.33. The molecule has 0 N–H and O–H groups in total. The molecule has 11 heteroatoms. The van der Waals surface area contributed by atoms with Gasteiger partial charge in [-0.3, -0.25) is 4.79 Å². The summed E-state index contributed by atoms with van der Waals surface area (Å²) in [5.74, 6) is -1.73. The van der Waals surface area contributed by atoms with Crippen LogP contribution in [-0.4, -0.2) is 32.2 Å². The normalized spacial score (nSPS) is 14.8. The first-order valence-corrected chi connectivity index (χ1v) is 10.0. The fourth-order valence-corrected chi connectivity index (χ4v) is 4.37. The first-order chi connectivity index (χ1) is 13.0. The van der Waals surface area contributed by atoms with Crippen LogP contribution < -0.4 is 9.47 Å². The predicted octanol–water partition coefficient (Wildman–Crippen LogP) is 3.96. The number of Topliss-reactive ketones (excluding diaryl/α,β-unsaturated/α-hetero) is 1. The maximum absolute atomic E-state index is 12.7. The Bertz CT molecular complexity index is 1020. The van der Waals surface area contributed by atoms with Crippen molar-refractivity contribution in [3.63, 3.8) is 0 Å². The van der Waals surface area contributed by atoms with E-state index in [9.17, 15) is 26.4 Å². The van der Waals surface area contributed by atoms with Crippen molar-refractivity contribution in [3.8, 4) is 11.6 Å². The van der Waals surface area contributed by atoms with Crippen LogP contribution in [0.1, 0.15) is 28.8 Å². The summed E-state index contributed by atoms with van der Waals surface area (Å²) in [4.78, 5) is 15.4. The minimum Gasteiger partial charge on any atom is -0.477 e. The van der Waals surface area contributed by atoms with Crippen LogP contribution in [0.5, 0.6) is 11.6 Å². The van der Waals surface area contributed by atoms with Gasteiger partial charge < -0.3 is 9.47 Å². The van der Waals surface area contributed by atoms with E-state index in [1.807, 2.05) is 0 Å². The van der Waals surface area contributed by atoms with Crippen molar-refractivity contribution in [2.45, 2.75) is 29.9 Å². The van der Waals surface area contributed by atoms with Crippen LogP contribution in [0.2, 0.25) is 5.02 Å². The third-order valence-corrected chi connectivity index (χ3v) is 5.76. The Morgan fingerprint density at radius 3 is 2.71 bits per heavy atom. The molecule has 1 aromatic carbocycles. The molecule has 1 aliphatic rings. The number of rotatable bonds is 4. The first kappa shape index (κ1) is 20.4. The van der Waals surface area contributed by atoms with Crippen LogP contribution in [0.3, 0.4) is 0 Å². The van der Waals surface area contributed by atoms with E-state index in [4.69, 9.17) is 16.3 Å². The van der Waals surface area contributed by atoms with Gasteiger partial charge in [-0.05, 0) is 36.2 Å². The molecular weight excluding hydrogens is 423 g/mol. The number of alkyl halides is 3. The van der Waals surface area contributed by atoms with Gasteiger partial charge in [-0.15, -0.1) is 13.2 Å². The molecule has 0 aliphatic carbocycles. The highest BCUT2D eigenvalue weighted by atomic mass is 35.5. The lowest BCUT2D eigenvalue weighted by Crippen LogP contribution is -2.19. The van der Waals surface area contributed by atoms with Crippen molar-refractivity contribution in [3.05, 3.63) is 46.6 Å². The molecule has 28 heavy (non-hydrogen) atoms. The molecule has 0 radical (unpaired) electrons. The van der Waals surface area contributed by atoms with E-state index < -0.39 is 32.6 Å². The molecule has 0 amide bonds. The summed E-state index contributed by atoms with van der Waals surface area (Å²) in [5.41, 5.74) is 0.263. The number of pyridine rings is 1. The van der Waals surface area contributed by atoms with Crippen molar-refractivity contribution < 1.29 is 35.9 Å². The van der Waals surface area contributed by atoms with Gasteiger partial charge in [0.2, 0.25) is 5.88 Å². The van der Waals surface area contributed by atoms with Crippen LogP contribution in [-0.2, 0) is 15.6 Å². The predicted molar refractivity (Wildman–Crippen MR) is 92.3 cm³/mol. The maximum Gasteiger partial charge on any atom is 0.573 e. The number of ether oxygens (including phenoxy) is 2. The smallest absolute Gasteiger partial charge is 0.477 e. The summed E-state index contributed by atoms with van der Waals surface area (Å²) in [5, 5.41) is -0.0725. The van der Waals surface area contributed by atoms with Crippen molar-refractivity contribution >= 4 is 27.2 Å². The zero-order valence-electron chi connectivity index (χ0n) is 14.1. The monoisotopic (exact) mass is 435 g/mol. The number of carbonyl (C=O) groups is 1. The van der Waals surface area contributed by atoms with E-state index in [1.165, 1.54) is 12.3 Å². The van der Waals surface area contributed by atoms with Gasteiger partial charge in [0, 0.05) is 17.6 Å². The van der Waals surface area contributed by atoms with Gasteiger partial charge in [0.1, 0.15) is 10.6 Å². The van der Waals surface area contributed by atoms with E-state index in [2.05, 4.69) is 9.72 Å². The molecule has 0 saturated carbocycles. The van der Waals surface area contributed by atoms with Crippen LogP contribution >= 0.6 is 11.6 Å². The van der Waals surface area contributed by atoms with Gasteiger partial charge in [0.25, 0.3) is 0 Å². The first-order valence-electron chi connectivity index (χ1n) is 7.98. The van der Waals surface area contributed by atoms with Crippen LogP contribution in [0.4, 0.5) is 13.2 Å². The lowest BCUT2D eigenvalue weighted by Gasteiger charge is -2.14. The number of halogens is 4. The number of hydrogen-bond acceptors (Lipinski definition) is 6. The molecule has 150 valence electrons. The quantitative estimate of drug-likeness (QED) is 0.723. The Morgan fingerprint density at radius 1 is 1.25 bits per heavy atom. The highest BCUT2D eigenvalue weighted by Crippen LogP contribution is 2.34. The second-order valence-electron chi connectivity index (χ2n) is 5.97. The third-order valence-electron chi connectivity index (χ3n) is 3.82. The van der Waals surface area contributed by atoms with Crippen molar-refractivity contribution in [2.75, 3.05) is 6.61 Å². The summed E-state index contributed by atoms with van der Waals surface area (Å²) in [7, 11) is -4.29. The molecule has 0 fully saturated rings. The Balaban J connectivity index is 1.97. The van der Waals surface area contributed by atoms with E-state index in [-0.39, 0.29) is 34.2 Å². The summed E-state index contributed by atoms with van der Waals surface area (Å²) < 4.78 is 72.4. The zero-order valence-corrected chi connectivity index (χ0v) is 15.7. The van der Waals surface area contributed by atoms with Crippen molar-refractivity contribution in [2.24, 2.45) is 0 Å². The largest absolute Gasteiger partial charge is 0.573 e. The number of sulfone groups is 1. The number of ketones is 1. The fraction of sp³-hybridized carbons (Fsp3) is 0.294. The molecule has 2 aromatic rings. The fourth-order valence-electron chi connectivity index (χ4n) is 2.66. The van der Waals surface area contributed by atoms with Crippen LogP contribution in [0.25, 0.3) is 0 Å². The van der Waals surface area contributed by atoms with Gasteiger partial charge in [-0.1, -0.05) is 11.6 Å². The Labute approximate surface area is 163 Å². The lowest BCUT2D eigenvalue weighted by molar-refractivity contribution is -0.275. The number of aromatic nitrogens is 1. The van der Waals surface area contributed by atoms with Crippen molar-refractivity contribution in [1.82, 2.24) is 4.98 Å². The lowest BCUT2D eigenvalue weighted by atomic mass is 10.1. The number of nitrogens with zero attached hydrogens (tertiary/aromatic N) is 1. The Kier molecular flexibility index (Phi) is 5.53. The molecule has 1 aliphatic heterocycles. The highest BCUT2D eigenvalue weighted by Gasteiger charge is 2.34. The average molecular weight is 436 g/mol. The minimum absolute atomic E-state index is 0.0725. The van der Waals surface area contributed by atoms with Crippen LogP contribution in [0, 0.1) is 0 Å². The van der Waals surface area contributed by atoms with Gasteiger partial charge in [-0.2, -0.15) is 0 Å².